The third-order valence-corrected chi connectivity index (χ3v) is 4.42. The number of aliphatic hydroxyl groups excluding tert-OH is 1. The highest BCUT2D eigenvalue weighted by molar-refractivity contribution is 5.82. The topological polar surface area (TPSA) is 73.8 Å². The molecule has 0 unspecified atom stereocenters. The van der Waals surface area contributed by atoms with Gasteiger partial charge >= 0.3 is 0 Å². The molecule has 0 spiro atoms. The van der Waals surface area contributed by atoms with Crippen molar-refractivity contribution < 1.29 is 14.6 Å². The lowest BCUT2D eigenvalue weighted by Crippen LogP contribution is -2.40. The highest BCUT2D eigenvalue weighted by atomic mass is 16.5. The maximum atomic E-state index is 12.0. The van der Waals surface area contributed by atoms with Gasteiger partial charge in [-0.15, -0.1) is 0 Å². The van der Waals surface area contributed by atoms with E-state index < -0.39 is 6.10 Å². The van der Waals surface area contributed by atoms with Crippen molar-refractivity contribution in [3.05, 3.63) is 35.4 Å². The molecule has 0 aromatic heterocycles. The van der Waals surface area contributed by atoms with Crippen LogP contribution in [0.2, 0.25) is 0 Å². The zero-order valence-corrected chi connectivity index (χ0v) is 13.3. The van der Waals surface area contributed by atoms with Crippen LogP contribution in [0.25, 0.3) is 0 Å². The first-order chi connectivity index (χ1) is 11.2. The Kier molecular flexibility index (Phi) is 5.61. The number of hydrogen-bond donors (Lipinski definition) is 3. The van der Waals surface area contributed by atoms with Crippen molar-refractivity contribution in [3.8, 4) is 0 Å². The van der Waals surface area contributed by atoms with Crippen molar-refractivity contribution in [3.63, 3.8) is 0 Å². The van der Waals surface area contributed by atoms with Crippen molar-refractivity contribution in [2.45, 2.75) is 31.7 Å². The molecular weight excluding hydrogens is 294 g/mol. The van der Waals surface area contributed by atoms with Gasteiger partial charge in [-0.05, 0) is 17.5 Å². The van der Waals surface area contributed by atoms with E-state index in [0.29, 0.717) is 19.5 Å². The molecule has 126 valence electrons. The second-order valence-corrected chi connectivity index (χ2v) is 6.27. The number of amides is 1. The molecule has 23 heavy (non-hydrogen) atoms. The van der Waals surface area contributed by atoms with E-state index in [4.69, 9.17) is 4.74 Å². The van der Waals surface area contributed by atoms with Gasteiger partial charge in [0.1, 0.15) is 0 Å². The van der Waals surface area contributed by atoms with Crippen LogP contribution in [0.3, 0.4) is 0 Å². The van der Waals surface area contributed by atoms with E-state index in [9.17, 15) is 9.90 Å². The van der Waals surface area contributed by atoms with Gasteiger partial charge in [-0.25, -0.2) is 0 Å². The van der Waals surface area contributed by atoms with Gasteiger partial charge in [0.15, 0.2) is 0 Å². The number of carbonyl (C=O) groups is 1. The Morgan fingerprint density at radius 1 is 1.26 bits per heavy atom. The Balaban J connectivity index is 1.44. The molecule has 0 aliphatic carbocycles. The normalized spacial score (nSPS) is 25.4. The first kappa shape index (κ1) is 16.4. The number of aliphatic hydroxyl groups is 1. The Morgan fingerprint density at radius 3 is 2.61 bits per heavy atom. The monoisotopic (exact) mass is 319 g/mol. The fourth-order valence-electron chi connectivity index (χ4n) is 3.01. The molecule has 2 saturated heterocycles. The molecule has 0 radical (unpaired) electrons. The molecule has 2 atom stereocenters. The lowest BCUT2D eigenvalue weighted by molar-refractivity contribution is -0.123. The summed E-state index contributed by atoms with van der Waals surface area (Å²) in [4.78, 5) is 14.4. The molecule has 0 saturated carbocycles. The van der Waals surface area contributed by atoms with E-state index in [1.54, 1.807) is 0 Å². The van der Waals surface area contributed by atoms with E-state index >= 15 is 0 Å². The summed E-state index contributed by atoms with van der Waals surface area (Å²) < 4.78 is 5.36. The highest BCUT2D eigenvalue weighted by Gasteiger charge is 2.27. The van der Waals surface area contributed by atoms with Gasteiger partial charge < -0.3 is 20.5 Å². The van der Waals surface area contributed by atoms with Gasteiger partial charge in [0.05, 0.1) is 25.4 Å². The molecule has 3 N–H and O–H groups in total. The Morgan fingerprint density at radius 2 is 1.96 bits per heavy atom. The van der Waals surface area contributed by atoms with Crippen molar-refractivity contribution >= 4 is 5.91 Å². The van der Waals surface area contributed by atoms with Gasteiger partial charge in [-0.1, -0.05) is 24.3 Å². The Bertz CT molecular complexity index is 514. The first-order valence-electron chi connectivity index (χ1n) is 8.28. The number of ether oxygens (including phenoxy) is 1. The number of rotatable bonds is 5. The lowest BCUT2D eigenvalue weighted by atomic mass is 10.1. The third-order valence-electron chi connectivity index (χ3n) is 4.42. The molecule has 2 fully saturated rings. The van der Waals surface area contributed by atoms with Crippen LogP contribution >= 0.6 is 0 Å². The molecular formula is C17H25N3O3. The molecule has 2 heterocycles. The van der Waals surface area contributed by atoms with Crippen LogP contribution in [-0.2, 0) is 22.6 Å². The van der Waals surface area contributed by atoms with Gasteiger partial charge in [0.2, 0.25) is 5.91 Å². The zero-order valence-electron chi connectivity index (χ0n) is 13.3. The van der Waals surface area contributed by atoms with Gasteiger partial charge in [-0.3, -0.25) is 9.69 Å². The average Bonchev–Trinajstić information content (AvgIpc) is 3.01. The number of β-amino-alcohol motifs (C(OH)–C–C–N with tert-alkyl or cyclic N) is 1. The summed E-state index contributed by atoms with van der Waals surface area (Å²) in [5.41, 5.74) is 2.37. The third kappa shape index (κ3) is 4.75. The van der Waals surface area contributed by atoms with E-state index in [2.05, 4.69) is 39.8 Å². The van der Waals surface area contributed by atoms with Crippen LogP contribution in [-0.4, -0.2) is 60.9 Å². The molecule has 6 nitrogen and oxygen atoms in total. The second-order valence-electron chi connectivity index (χ2n) is 6.27. The lowest BCUT2D eigenvalue weighted by Gasteiger charge is -2.26. The number of benzene rings is 1. The fourth-order valence-corrected chi connectivity index (χ4v) is 3.01. The summed E-state index contributed by atoms with van der Waals surface area (Å²) in [6.45, 7) is 5.55. The quantitative estimate of drug-likeness (QED) is 0.704. The van der Waals surface area contributed by atoms with Crippen molar-refractivity contribution in [1.29, 1.82) is 0 Å². The van der Waals surface area contributed by atoms with Crippen LogP contribution in [0, 0.1) is 0 Å². The summed E-state index contributed by atoms with van der Waals surface area (Å²) in [5, 5.41) is 15.4. The molecule has 0 bridgehead atoms. The number of morpholine rings is 1. The van der Waals surface area contributed by atoms with E-state index in [1.165, 1.54) is 5.56 Å². The average molecular weight is 319 g/mol. The molecule has 2 aliphatic heterocycles. The number of nitrogens with zero attached hydrogens (tertiary/aromatic N) is 1. The number of nitrogens with one attached hydrogen (secondary N) is 2. The predicted molar refractivity (Wildman–Crippen MR) is 86.8 cm³/mol. The number of carbonyl (C=O) groups excluding carboxylic acids is 1. The Hall–Kier alpha value is -1.47. The largest absolute Gasteiger partial charge is 0.392 e. The zero-order chi connectivity index (χ0) is 16.1. The summed E-state index contributed by atoms with van der Waals surface area (Å²) in [5.74, 6) is -0.0426. The summed E-state index contributed by atoms with van der Waals surface area (Å²) in [7, 11) is 0. The fraction of sp³-hybridized carbons (Fsp3) is 0.588. The predicted octanol–water partition coefficient (Wildman–Crippen LogP) is -0.142. The van der Waals surface area contributed by atoms with Gasteiger partial charge in [0, 0.05) is 32.7 Å². The molecule has 1 aromatic rings. The van der Waals surface area contributed by atoms with Gasteiger partial charge in [0.25, 0.3) is 0 Å². The first-order valence-corrected chi connectivity index (χ1v) is 8.28. The molecule has 1 aromatic carbocycles. The van der Waals surface area contributed by atoms with Crippen molar-refractivity contribution in [2.75, 3.05) is 32.8 Å². The van der Waals surface area contributed by atoms with Crippen LogP contribution in [0.5, 0.6) is 0 Å². The van der Waals surface area contributed by atoms with Gasteiger partial charge in [-0.2, -0.15) is 0 Å². The summed E-state index contributed by atoms with van der Waals surface area (Å²) in [6.07, 6.45) is 0.0786. The highest BCUT2D eigenvalue weighted by Crippen LogP contribution is 2.10. The SMILES string of the molecule is O=C(NCc1ccc(CN2CCOCC2)cc1)[C@H]1C[C@H](O)CN1. The van der Waals surface area contributed by atoms with E-state index in [1.807, 2.05) is 0 Å². The molecule has 1 amide bonds. The van der Waals surface area contributed by atoms with Crippen molar-refractivity contribution in [2.24, 2.45) is 0 Å². The summed E-state index contributed by atoms with van der Waals surface area (Å²) >= 11 is 0. The standard InChI is InChI=1S/C17H25N3O3/c21-15-9-16(18-11-15)17(22)19-10-13-1-3-14(4-2-13)12-20-5-7-23-8-6-20/h1-4,15-16,18,21H,5-12H2,(H,19,22)/t15-,16+/m0/s1. The van der Waals surface area contributed by atoms with Crippen molar-refractivity contribution in [1.82, 2.24) is 15.5 Å². The van der Waals surface area contributed by atoms with E-state index in [0.717, 1.165) is 38.4 Å². The van der Waals surface area contributed by atoms with Crippen LogP contribution in [0.1, 0.15) is 17.5 Å². The molecule has 2 aliphatic rings. The minimum atomic E-state index is -0.412. The Labute approximate surface area is 136 Å². The molecule has 6 heteroatoms. The maximum absolute atomic E-state index is 12.0. The van der Waals surface area contributed by atoms with Crippen LogP contribution < -0.4 is 10.6 Å². The van der Waals surface area contributed by atoms with Crippen LogP contribution in [0.15, 0.2) is 24.3 Å². The second kappa shape index (κ2) is 7.88. The minimum Gasteiger partial charge on any atom is -0.392 e. The smallest absolute Gasteiger partial charge is 0.237 e. The summed E-state index contributed by atoms with van der Waals surface area (Å²) in [6, 6.07) is 8.09. The van der Waals surface area contributed by atoms with E-state index in [-0.39, 0.29) is 11.9 Å². The number of hydrogen-bond acceptors (Lipinski definition) is 5. The van der Waals surface area contributed by atoms with Crippen LogP contribution in [0.4, 0.5) is 0 Å². The minimum absolute atomic E-state index is 0.0426. The molecule has 3 rings (SSSR count). The maximum Gasteiger partial charge on any atom is 0.237 e.